The van der Waals surface area contributed by atoms with Crippen molar-refractivity contribution in [2.75, 3.05) is 13.1 Å². The number of halogens is 3. The average Bonchev–Trinajstić information content (AvgIpc) is 2.88. The Hall–Kier alpha value is -0.480. The topological polar surface area (TPSA) is 41.1 Å². The first-order valence-electron chi connectivity index (χ1n) is 6.12. The summed E-state index contributed by atoms with van der Waals surface area (Å²) in [5.41, 5.74) is 0.962. The van der Waals surface area contributed by atoms with Gasteiger partial charge in [-0.3, -0.25) is 4.79 Å². The van der Waals surface area contributed by atoms with Gasteiger partial charge in [-0.1, -0.05) is 35.3 Å². The Labute approximate surface area is 129 Å². The minimum Gasteiger partial charge on any atom is -0.354 e. The molecule has 0 bridgehead atoms. The monoisotopic (exact) mass is 322 g/mol. The van der Waals surface area contributed by atoms with E-state index in [-0.39, 0.29) is 24.4 Å². The molecule has 6 heteroatoms. The second kappa shape index (κ2) is 7.95. The molecule has 1 aromatic carbocycles. The molecule has 1 saturated heterocycles. The van der Waals surface area contributed by atoms with Gasteiger partial charge in [-0.25, -0.2) is 0 Å². The van der Waals surface area contributed by atoms with Crippen molar-refractivity contribution in [3.63, 3.8) is 0 Å². The third-order valence-corrected chi connectivity index (χ3v) is 3.96. The van der Waals surface area contributed by atoms with Crippen molar-refractivity contribution in [2.45, 2.75) is 25.3 Å². The molecule has 106 valence electrons. The fourth-order valence-electron chi connectivity index (χ4n) is 2.09. The summed E-state index contributed by atoms with van der Waals surface area (Å²) in [7, 11) is 0. The van der Waals surface area contributed by atoms with Crippen molar-refractivity contribution in [3.05, 3.63) is 33.8 Å². The molecule has 1 heterocycles. The zero-order valence-electron chi connectivity index (χ0n) is 10.4. The highest BCUT2D eigenvalue weighted by atomic mass is 35.5. The first kappa shape index (κ1) is 16.6. The molecular formula is C13H17Cl3N2O. The Kier molecular flexibility index (Phi) is 6.94. The van der Waals surface area contributed by atoms with E-state index in [1.54, 1.807) is 6.07 Å². The van der Waals surface area contributed by atoms with Gasteiger partial charge in [0.15, 0.2) is 0 Å². The lowest BCUT2D eigenvalue weighted by Crippen LogP contribution is -2.41. The van der Waals surface area contributed by atoms with Crippen molar-refractivity contribution in [1.29, 1.82) is 0 Å². The Bertz CT molecular complexity index is 434. The summed E-state index contributed by atoms with van der Waals surface area (Å²) in [6.07, 6.45) is 2.68. The van der Waals surface area contributed by atoms with E-state index in [0.29, 0.717) is 23.0 Å². The number of benzene rings is 1. The van der Waals surface area contributed by atoms with E-state index in [4.69, 9.17) is 23.2 Å². The van der Waals surface area contributed by atoms with Gasteiger partial charge in [0.05, 0.1) is 16.1 Å². The Morgan fingerprint density at radius 3 is 2.89 bits per heavy atom. The number of hydrogen-bond acceptors (Lipinski definition) is 2. The summed E-state index contributed by atoms with van der Waals surface area (Å²) in [4.78, 5) is 11.8. The van der Waals surface area contributed by atoms with E-state index in [0.717, 1.165) is 24.9 Å². The predicted octanol–water partition coefficient (Wildman–Crippen LogP) is 2.83. The lowest BCUT2D eigenvalue weighted by atomic mass is 10.1. The number of rotatable bonds is 4. The number of amides is 1. The van der Waals surface area contributed by atoms with Gasteiger partial charge in [0.2, 0.25) is 5.91 Å². The van der Waals surface area contributed by atoms with Crippen LogP contribution in [0.5, 0.6) is 0 Å². The first-order valence-corrected chi connectivity index (χ1v) is 6.88. The van der Waals surface area contributed by atoms with E-state index < -0.39 is 0 Å². The third kappa shape index (κ3) is 4.53. The molecule has 2 N–H and O–H groups in total. The summed E-state index contributed by atoms with van der Waals surface area (Å²) in [5.74, 6) is 0.0747. The van der Waals surface area contributed by atoms with Crippen LogP contribution in [0.2, 0.25) is 10.0 Å². The highest BCUT2D eigenvalue weighted by Gasteiger charge is 2.21. The first-order chi connectivity index (χ1) is 8.68. The fraction of sp³-hybridized carbons (Fsp3) is 0.462. The summed E-state index contributed by atoms with van der Waals surface area (Å²) in [6, 6.07) is 5.52. The number of hydrogen-bond donors (Lipinski definition) is 2. The third-order valence-electron chi connectivity index (χ3n) is 3.10. The van der Waals surface area contributed by atoms with Crippen molar-refractivity contribution in [2.24, 2.45) is 0 Å². The molecule has 1 atom stereocenters. The number of carbonyl (C=O) groups excluding carboxylic acids is 1. The maximum Gasteiger partial charge on any atom is 0.237 e. The molecule has 0 spiro atoms. The SMILES string of the molecule is Cl.O=C(NCCc1cccc(Cl)c1Cl)C1CCCN1. The van der Waals surface area contributed by atoms with E-state index in [1.807, 2.05) is 12.1 Å². The minimum absolute atomic E-state index is 0. The van der Waals surface area contributed by atoms with E-state index in [2.05, 4.69) is 10.6 Å². The zero-order chi connectivity index (χ0) is 13.0. The largest absolute Gasteiger partial charge is 0.354 e. The van der Waals surface area contributed by atoms with Crippen LogP contribution in [0.1, 0.15) is 18.4 Å². The molecule has 0 radical (unpaired) electrons. The van der Waals surface area contributed by atoms with Crippen LogP contribution in [0.3, 0.4) is 0 Å². The maximum absolute atomic E-state index is 11.8. The van der Waals surface area contributed by atoms with E-state index in [9.17, 15) is 4.79 Å². The molecule has 1 amide bonds. The molecule has 1 fully saturated rings. The molecule has 1 aliphatic rings. The highest BCUT2D eigenvalue weighted by molar-refractivity contribution is 6.42. The van der Waals surface area contributed by atoms with Crippen molar-refractivity contribution in [3.8, 4) is 0 Å². The Balaban J connectivity index is 0.00000180. The van der Waals surface area contributed by atoms with Crippen LogP contribution in [0, 0.1) is 0 Å². The van der Waals surface area contributed by atoms with Crippen LogP contribution in [0.4, 0.5) is 0 Å². The maximum atomic E-state index is 11.8. The van der Waals surface area contributed by atoms with Crippen LogP contribution in [0.25, 0.3) is 0 Å². The zero-order valence-corrected chi connectivity index (χ0v) is 12.7. The van der Waals surface area contributed by atoms with Crippen molar-refractivity contribution in [1.82, 2.24) is 10.6 Å². The molecule has 19 heavy (non-hydrogen) atoms. The molecule has 0 aliphatic carbocycles. The summed E-state index contributed by atoms with van der Waals surface area (Å²) >= 11 is 12.0. The molecule has 0 aromatic heterocycles. The highest BCUT2D eigenvalue weighted by Crippen LogP contribution is 2.25. The Morgan fingerprint density at radius 1 is 1.42 bits per heavy atom. The average molecular weight is 324 g/mol. The van der Waals surface area contributed by atoms with Crippen molar-refractivity contribution < 1.29 is 4.79 Å². The second-order valence-corrected chi connectivity index (χ2v) is 5.19. The van der Waals surface area contributed by atoms with Gasteiger partial charge in [-0.15, -0.1) is 12.4 Å². The standard InChI is InChI=1S/C13H16Cl2N2O.ClH/c14-10-4-1-3-9(12(10)15)6-8-17-13(18)11-5-2-7-16-11;/h1,3-4,11,16H,2,5-8H2,(H,17,18);1H. The summed E-state index contributed by atoms with van der Waals surface area (Å²) in [5, 5.41) is 7.21. The van der Waals surface area contributed by atoms with Crippen molar-refractivity contribution >= 4 is 41.5 Å². The molecular weight excluding hydrogens is 307 g/mol. The lowest BCUT2D eigenvalue weighted by Gasteiger charge is -2.11. The fourth-order valence-corrected chi connectivity index (χ4v) is 2.51. The minimum atomic E-state index is -0.0279. The van der Waals surface area contributed by atoms with Gasteiger partial charge >= 0.3 is 0 Å². The van der Waals surface area contributed by atoms with Gasteiger partial charge in [-0.2, -0.15) is 0 Å². The summed E-state index contributed by atoms with van der Waals surface area (Å²) in [6.45, 7) is 1.51. The molecule has 0 saturated carbocycles. The van der Waals surface area contributed by atoms with Crippen LogP contribution < -0.4 is 10.6 Å². The van der Waals surface area contributed by atoms with Gasteiger partial charge < -0.3 is 10.6 Å². The summed E-state index contributed by atoms with van der Waals surface area (Å²) < 4.78 is 0. The number of nitrogens with one attached hydrogen (secondary N) is 2. The molecule has 3 nitrogen and oxygen atoms in total. The molecule has 1 aromatic rings. The number of carbonyl (C=O) groups is 1. The van der Waals surface area contributed by atoms with Gasteiger partial charge in [0.25, 0.3) is 0 Å². The molecule has 1 unspecified atom stereocenters. The lowest BCUT2D eigenvalue weighted by molar-refractivity contribution is -0.122. The smallest absolute Gasteiger partial charge is 0.237 e. The van der Waals surface area contributed by atoms with Gasteiger partial charge in [0, 0.05) is 6.54 Å². The normalized spacial score (nSPS) is 17.9. The van der Waals surface area contributed by atoms with Gasteiger partial charge in [-0.05, 0) is 37.4 Å². The van der Waals surface area contributed by atoms with Crippen LogP contribution in [-0.4, -0.2) is 25.0 Å². The Morgan fingerprint density at radius 2 is 2.21 bits per heavy atom. The van der Waals surface area contributed by atoms with E-state index in [1.165, 1.54) is 0 Å². The van der Waals surface area contributed by atoms with Gasteiger partial charge in [0.1, 0.15) is 0 Å². The van der Waals surface area contributed by atoms with Crippen LogP contribution in [-0.2, 0) is 11.2 Å². The molecule has 2 rings (SSSR count). The van der Waals surface area contributed by atoms with Crippen LogP contribution >= 0.6 is 35.6 Å². The second-order valence-electron chi connectivity index (χ2n) is 4.40. The predicted molar refractivity (Wildman–Crippen MR) is 81.4 cm³/mol. The quantitative estimate of drug-likeness (QED) is 0.894. The van der Waals surface area contributed by atoms with E-state index >= 15 is 0 Å². The molecule has 1 aliphatic heterocycles. The van der Waals surface area contributed by atoms with Crippen LogP contribution in [0.15, 0.2) is 18.2 Å².